The van der Waals surface area contributed by atoms with E-state index in [9.17, 15) is 9.90 Å². The molecule has 30 heavy (non-hydrogen) atoms. The number of nitrogens with zero attached hydrogens (tertiary/aromatic N) is 1. The molecule has 4 nitrogen and oxygen atoms in total. The molecule has 0 heterocycles. The van der Waals surface area contributed by atoms with Crippen molar-refractivity contribution in [3.05, 3.63) is 108 Å². The van der Waals surface area contributed by atoms with Crippen LogP contribution in [0, 0.1) is 0 Å². The van der Waals surface area contributed by atoms with Crippen molar-refractivity contribution < 1.29 is 36.1 Å². The average molecular weight is 470 g/mol. The van der Waals surface area contributed by atoms with Gasteiger partial charge in [-0.05, 0) is 11.1 Å². The zero-order valence-electron chi connectivity index (χ0n) is 17.5. The Morgan fingerprint density at radius 3 is 1.63 bits per heavy atom. The van der Waals surface area contributed by atoms with Gasteiger partial charge in [0.1, 0.15) is 12.6 Å². The number of esters is 1. The zero-order valence-corrected chi connectivity index (χ0v) is 19.1. The van der Waals surface area contributed by atoms with E-state index in [1.807, 2.05) is 42.5 Å². The number of hydrogen-bond acceptors (Lipinski definition) is 3. The molecule has 0 fully saturated rings. The Morgan fingerprint density at radius 1 is 0.833 bits per heavy atom. The highest BCUT2D eigenvalue weighted by molar-refractivity contribution is 5.85. The first kappa shape index (κ1) is 23.8. The van der Waals surface area contributed by atoms with E-state index in [1.165, 1.54) is 0 Å². The Morgan fingerprint density at radius 2 is 1.23 bits per heavy atom. The van der Waals surface area contributed by atoms with Gasteiger partial charge < -0.3 is 31.3 Å². The van der Waals surface area contributed by atoms with Gasteiger partial charge in [-0.25, -0.2) is 4.79 Å². The van der Waals surface area contributed by atoms with Crippen molar-refractivity contribution in [1.82, 2.24) is 0 Å². The SMILES string of the molecule is C[N+](C)(C)C(COC(=O)C(O)(c1ccccc1)c1ccccc1)c1ccccc1.[Br-]. The predicted octanol–water partition coefficient (Wildman–Crippen LogP) is 0.917. The van der Waals surface area contributed by atoms with Crippen LogP contribution in [0.3, 0.4) is 0 Å². The van der Waals surface area contributed by atoms with E-state index in [-0.39, 0.29) is 29.6 Å². The quantitative estimate of drug-likeness (QED) is 0.413. The van der Waals surface area contributed by atoms with Gasteiger partial charge in [-0.1, -0.05) is 91.0 Å². The maximum atomic E-state index is 13.2. The van der Waals surface area contributed by atoms with Crippen LogP contribution in [0.25, 0.3) is 0 Å². The number of carbonyl (C=O) groups excluding carboxylic acids is 1. The number of carbonyl (C=O) groups is 1. The lowest BCUT2D eigenvalue weighted by molar-refractivity contribution is -0.902. The molecule has 0 amide bonds. The molecule has 0 saturated carbocycles. The maximum absolute atomic E-state index is 13.2. The lowest BCUT2D eigenvalue weighted by Crippen LogP contribution is -3.00. The molecular formula is C25H28BrNO3. The van der Waals surface area contributed by atoms with Crippen molar-refractivity contribution in [3.63, 3.8) is 0 Å². The molecule has 0 bridgehead atoms. The van der Waals surface area contributed by atoms with Gasteiger partial charge in [0, 0.05) is 5.56 Å². The van der Waals surface area contributed by atoms with Crippen molar-refractivity contribution in [1.29, 1.82) is 0 Å². The number of hydrogen-bond donors (Lipinski definition) is 1. The van der Waals surface area contributed by atoms with E-state index < -0.39 is 11.6 Å². The average Bonchev–Trinajstić information content (AvgIpc) is 2.74. The Hall–Kier alpha value is -2.47. The van der Waals surface area contributed by atoms with Crippen LogP contribution in [0.15, 0.2) is 91.0 Å². The van der Waals surface area contributed by atoms with Crippen LogP contribution in [0.5, 0.6) is 0 Å². The fraction of sp³-hybridized carbons (Fsp3) is 0.240. The molecule has 0 saturated heterocycles. The number of aliphatic hydroxyl groups is 1. The van der Waals surface area contributed by atoms with Crippen molar-refractivity contribution in [2.45, 2.75) is 11.6 Å². The lowest BCUT2D eigenvalue weighted by atomic mass is 9.86. The summed E-state index contributed by atoms with van der Waals surface area (Å²) in [6.45, 7) is 0.161. The van der Waals surface area contributed by atoms with Gasteiger partial charge in [0.25, 0.3) is 0 Å². The number of halogens is 1. The summed E-state index contributed by atoms with van der Waals surface area (Å²) in [7, 11) is 6.18. The molecular weight excluding hydrogens is 442 g/mol. The molecule has 0 aliphatic carbocycles. The minimum absolute atomic E-state index is 0. The fourth-order valence-electron chi connectivity index (χ4n) is 3.46. The van der Waals surface area contributed by atoms with Gasteiger partial charge >= 0.3 is 5.97 Å². The molecule has 3 rings (SSSR count). The molecule has 1 atom stereocenters. The number of benzene rings is 3. The largest absolute Gasteiger partial charge is 1.00 e. The van der Waals surface area contributed by atoms with Crippen LogP contribution >= 0.6 is 0 Å². The standard InChI is InChI=1S/C25H28NO3.BrH/c1-26(2,3)23(20-13-7-4-8-14-20)19-29-24(27)25(28,21-15-9-5-10-16-21)22-17-11-6-12-18-22;/h4-18,23,28H,19H2,1-3H3;1H/q+1;/p-1. The van der Waals surface area contributed by atoms with Crippen molar-refractivity contribution in [3.8, 4) is 0 Å². The minimum Gasteiger partial charge on any atom is -1.00 e. The second-order valence-corrected chi connectivity index (χ2v) is 8.08. The second-order valence-electron chi connectivity index (χ2n) is 8.08. The van der Waals surface area contributed by atoms with Gasteiger partial charge in [-0.3, -0.25) is 0 Å². The van der Waals surface area contributed by atoms with E-state index in [0.717, 1.165) is 5.56 Å². The highest BCUT2D eigenvalue weighted by atomic mass is 79.9. The normalized spacial score (nSPS) is 12.5. The molecule has 1 unspecified atom stereocenters. The second kappa shape index (κ2) is 10.0. The molecule has 0 aliphatic heterocycles. The van der Waals surface area contributed by atoms with E-state index in [0.29, 0.717) is 15.6 Å². The Bertz CT molecular complexity index is 885. The summed E-state index contributed by atoms with van der Waals surface area (Å²) in [4.78, 5) is 13.2. The van der Waals surface area contributed by atoms with E-state index in [1.54, 1.807) is 48.5 Å². The van der Waals surface area contributed by atoms with Gasteiger partial charge in [-0.15, -0.1) is 0 Å². The third-order valence-corrected chi connectivity index (χ3v) is 5.17. The Kier molecular flexibility index (Phi) is 7.96. The highest BCUT2D eigenvalue weighted by Gasteiger charge is 2.42. The number of rotatable bonds is 7. The molecule has 0 radical (unpaired) electrons. The van der Waals surface area contributed by atoms with E-state index in [2.05, 4.69) is 21.1 Å². The zero-order chi connectivity index (χ0) is 20.9. The van der Waals surface area contributed by atoms with Gasteiger partial charge in [-0.2, -0.15) is 0 Å². The third kappa shape index (κ3) is 5.17. The van der Waals surface area contributed by atoms with Crippen molar-refractivity contribution >= 4 is 5.97 Å². The molecule has 158 valence electrons. The summed E-state index contributed by atoms with van der Waals surface area (Å²) in [5.41, 5.74) is 0.181. The summed E-state index contributed by atoms with van der Waals surface area (Å²) in [6.07, 6.45) is 0. The summed E-state index contributed by atoms with van der Waals surface area (Å²) in [6, 6.07) is 27.8. The lowest BCUT2D eigenvalue weighted by Gasteiger charge is -2.35. The molecule has 0 aliphatic rings. The van der Waals surface area contributed by atoms with E-state index >= 15 is 0 Å². The van der Waals surface area contributed by atoms with Crippen molar-refractivity contribution in [2.75, 3.05) is 27.7 Å². The fourth-order valence-corrected chi connectivity index (χ4v) is 3.46. The smallest absolute Gasteiger partial charge is 0.347 e. The van der Waals surface area contributed by atoms with Crippen molar-refractivity contribution in [2.24, 2.45) is 0 Å². The predicted molar refractivity (Wildman–Crippen MR) is 114 cm³/mol. The maximum Gasteiger partial charge on any atom is 0.347 e. The van der Waals surface area contributed by atoms with Gasteiger partial charge in [0.05, 0.1) is 21.1 Å². The van der Waals surface area contributed by atoms with Crippen LogP contribution in [-0.4, -0.2) is 43.3 Å². The monoisotopic (exact) mass is 469 g/mol. The van der Waals surface area contributed by atoms with Crippen LogP contribution in [0.4, 0.5) is 0 Å². The first-order valence-electron chi connectivity index (χ1n) is 9.70. The topological polar surface area (TPSA) is 46.5 Å². The minimum atomic E-state index is -1.87. The Balaban J connectivity index is 0.00000320. The molecule has 0 aromatic heterocycles. The first-order valence-corrected chi connectivity index (χ1v) is 9.70. The summed E-state index contributed by atoms with van der Waals surface area (Å²) in [5, 5.41) is 11.5. The molecule has 3 aromatic carbocycles. The molecule has 5 heteroatoms. The first-order chi connectivity index (χ1) is 13.8. The highest BCUT2D eigenvalue weighted by Crippen LogP contribution is 2.32. The molecule has 0 spiro atoms. The van der Waals surface area contributed by atoms with Crippen LogP contribution in [0.2, 0.25) is 0 Å². The number of ether oxygens (including phenoxy) is 1. The summed E-state index contributed by atoms with van der Waals surface area (Å²) < 4.78 is 6.34. The van der Waals surface area contributed by atoms with Gasteiger partial charge in [0.2, 0.25) is 5.60 Å². The van der Waals surface area contributed by atoms with Crippen LogP contribution in [0.1, 0.15) is 22.7 Å². The molecule has 3 aromatic rings. The third-order valence-electron chi connectivity index (χ3n) is 5.17. The van der Waals surface area contributed by atoms with Crippen LogP contribution < -0.4 is 17.0 Å². The summed E-state index contributed by atoms with van der Waals surface area (Å²) in [5.74, 6) is -0.677. The van der Waals surface area contributed by atoms with Crippen LogP contribution in [-0.2, 0) is 15.1 Å². The number of quaternary nitrogens is 1. The summed E-state index contributed by atoms with van der Waals surface area (Å²) >= 11 is 0. The number of likely N-dealkylation sites (N-methyl/N-ethyl adjacent to an activating group) is 1. The molecule has 1 N–H and O–H groups in total. The Labute approximate surface area is 189 Å². The van der Waals surface area contributed by atoms with Gasteiger partial charge in [0.15, 0.2) is 0 Å². The van der Waals surface area contributed by atoms with E-state index in [4.69, 9.17) is 4.74 Å².